The molecule has 0 radical (unpaired) electrons. The van der Waals surface area contributed by atoms with Gasteiger partial charge in [-0.1, -0.05) is 40.9 Å². The van der Waals surface area contributed by atoms with Crippen molar-refractivity contribution in [3.05, 3.63) is 98.5 Å². The highest BCUT2D eigenvalue weighted by atomic mass is 35.5. The Morgan fingerprint density at radius 3 is 2.33 bits per heavy atom. The Morgan fingerprint density at radius 1 is 0.879 bits per heavy atom. The monoisotopic (exact) mass is 503 g/mol. The Labute approximate surface area is 204 Å². The van der Waals surface area contributed by atoms with Gasteiger partial charge in [-0.05, 0) is 66.2 Å². The van der Waals surface area contributed by atoms with Gasteiger partial charge in [-0.15, -0.1) is 0 Å². The van der Waals surface area contributed by atoms with Crippen LogP contribution in [0.25, 0.3) is 0 Å². The second-order valence-corrected chi connectivity index (χ2v) is 7.82. The molecule has 2 N–H and O–H groups in total. The highest BCUT2D eigenvalue weighted by Crippen LogP contribution is 2.22. The van der Waals surface area contributed by atoms with Crippen molar-refractivity contribution >= 4 is 58.8 Å². The molecular weight excluding hydrogens is 489 g/mol. The third-order valence-corrected chi connectivity index (χ3v) is 5.12. The average molecular weight is 505 g/mol. The fraction of sp³-hybridized carbons (Fsp3) is 0.0435. The zero-order chi connectivity index (χ0) is 23.8. The smallest absolute Gasteiger partial charge is 0.343 e. The number of hydrogen-bond acceptors (Lipinski definition) is 5. The molecule has 2 amide bonds. The lowest BCUT2D eigenvalue weighted by Crippen LogP contribution is -2.34. The van der Waals surface area contributed by atoms with Gasteiger partial charge in [-0.25, -0.2) is 10.2 Å². The van der Waals surface area contributed by atoms with E-state index in [9.17, 15) is 14.4 Å². The van der Waals surface area contributed by atoms with Crippen molar-refractivity contribution < 1.29 is 19.1 Å². The van der Waals surface area contributed by atoms with Gasteiger partial charge in [-0.3, -0.25) is 9.59 Å². The van der Waals surface area contributed by atoms with E-state index in [0.717, 1.165) is 0 Å². The van der Waals surface area contributed by atoms with Crippen LogP contribution in [-0.2, 0) is 4.79 Å². The molecule has 0 unspecified atom stereocenters. The summed E-state index contributed by atoms with van der Waals surface area (Å²) < 4.78 is 5.29. The summed E-state index contributed by atoms with van der Waals surface area (Å²) in [4.78, 5) is 36.1. The quantitative estimate of drug-likeness (QED) is 0.210. The average Bonchev–Trinajstić information content (AvgIpc) is 2.80. The predicted octanol–water partition coefficient (Wildman–Crippen LogP) is 4.75. The second-order valence-electron chi connectivity index (χ2n) is 6.57. The van der Waals surface area contributed by atoms with Crippen LogP contribution in [-0.4, -0.2) is 30.5 Å². The summed E-state index contributed by atoms with van der Waals surface area (Å²) in [6, 6.07) is 17.3. The topological polar surface area (TPSA) is 96.9 Å². The van der Waals surface area contributed by atoms with Gasteiger partial charge in [0.1, 0.15) is 5.75 Å². The Morgan fingerprint density at radius 2 is 1.64 bits per heavy atom. The van der Waals surface area contributed by atoms with Gasteiger partial charge in [0, 0.05) is 10.6 Å². The molecule has 0 bridgehead atoms. The molecule has 0 saturated carbocycles. The van der Waals surface area contributed by atoms with Crippen LogP contribution in [0.4, 0.5) is 0 Å². The van der Waals surface area contributed by atoms with Gasteiger partial charge in [-0.2, -0.15) is 5.10 Å². The summed E-state index contributed by atoms with van der Waals surface area (Å²) in [5, 5.41) is 7.29. The van der Waals surface area contributed by atoms with Gasteiger partial charge >= 0.3 is 5.97 Å². The van der Waals surface area contributed by atoms with E-state index in [1.54, 1.807) is 42.5 Å². The lowest BCUT2D eigenvalue weighted by Gasteiger charge is -2.06. The summed E-state index contributed by atoms with van der Waals surface area (Å²) >= 11 is 17.6. The van der Waals surface area contributed by atoms with Crippen LogP contribution in [0.3, 0.4) is 0 Å². The number of benzene rings is 3. The van der Waals surface area contributed by atoms with E-state index < -0.39 is 17.8 Å². The first-order valence-corrected chi connectivity index (χ1v) is 10.6. The van der Waals surface area contributed by atoms with Crippen molar-refractivity contribution in [1.29, 1.82) is 0 Å². The first kappa shape index (κ1) is 24.3. The molecule has 0 aromatic heterocycles. The Balaban J connectivity index is 1.45. The maximum Gasteiger partial charge on any atom is 0.343 e. The molecule has 0 aliphatic carbocycles. The highest BCUT2D eigenvalue weighted by Gasteiger charge is 2.10. The van der Waals surface area contributed by atoms with Gasteiger partial charge in [0.05, 0.1) is 28.4 Å². The van der Waals surface area contributed by atoms with Gasteiger partial charge in [0.2, 0.25) is 0 Å². The van der Waals surface area contributed by atoms with E-state index in [0.29, 0.717) is 26.9 Å². The molecule has 10 heteroatoms. The van der Waals surface area contributed by atoms with E-state index in [-0.39, 0.29) is 17.1 Å². The molecule has 3 rings (SSSR count). The molecule has 33 heavy (non-hydrogen) atoms. The maximum atomic E-state index is 12.1. The van der Waals surface area contributed by atoms with Crippen molar-refractivity contribution in [2.45, 2.75) is 0 Å². The molecule has 0 aliphatic heterocycles. The van der Waals surface area contributed by atoms with Crippen LogP contribution in [0.1, 0.15) is 26.3 Å². The van der Waals surface area contributed by atoms with E-state index >= 15 is 0 Å². The van der Waals surface area contributed by atoms with Gasteiger partial charge < -0.3 is 10.1 Å². The number of carbonyl (C=O) groups is 3. The van der Waals surface area contributed by atoms with E-state index in [4.69, 9.17) is 39.5 Å². The minimum Gasteiger partial charge on any atom is -0.423 e. The van der Waals surface area contributed by atoms with Crippen LogP contribution in [0.2, 0.25) is 15.1 Å². The molecule has 7 nitrogen and oxygen atoms in total. The van der Waals surface area contributed by atoms with Gasteiger partial charge in [0.15, 0.2) is 0 Å². The van der Waals surface area contributed by atoms with Crippen LogP contribution in [0, 0.1) is 0 Å². The lowest BCUT2D eigenvalue weighted by molar-refractivity contribution is -0.120. The normalized spacial score (nSPS) is 10.6. The summed E-state index contributed by atoms with van der Waals surface area (Å²) in [6.07, 6.45) is 1.40. The Kier molecular flexibility index (Phi) is 8.43. The number of nitrogens with one attached hydrogen (secondary N) is 2. The van der Waals surface area contributed by atoms with Crippen molar-refractivity contribution in [3.8, 4) is 5.75 Å². The molecule has 0 saturated heterocycles. The van der Waals surface area contributed by atoms with Crippen LogP contribution in [0.15, 0.2) is 71.8 Å². The lowest BCUT2D eigenvalue weighted by atomic mass is 10.2. The van der Waals surface area contributed by atoms with Crippen molar-refractivity contribution in [2.75, 3.05) is 6.54 Å². The molecule has 0 atom stereocenters. The standard InChI is InChI=1S/C23H16Cl3N3O4/c24-17-3-1-2-16(10-17)23(32)33-18-7-4-14(5-8-18)12-28-29-21(30)13-27-22(31)15-6-9-19(25)20(26)11-15/h1-12H,13H2,(H,27,31)(H,29,30)/b28-12-. The first-order valence-electron chi connectivity index (χ1n) is 9.45. The molecule has 0 spiro atoms. The van der Waals surface area contributed by atoms with Crippen molar-refractivity contribution in [3.63, 3.8) is 0 Å². The van der Waals surface area contributed by atoms with Gasteiger partial charge in [0.25, 0.3) is 11.8 Å². The number of ether oxygens (including phenoxy) is 1. The SMILES string of the molecule is O=C(CNC(=O)c1ccc(Cl)c(Cl)c1)N/N=C\c1ccc(OC(=O)c2cccc(Cl)c2)cc1. The summed E-state index contributed by atoms with van der Waals surface area (Å²) in [7, 11) is 0. The minimum absolute atomic E-state index is 0.239. The highest BCUT2D eigenvalue weighted by molar-refractivity contribution is 6.42. The zero-order valence-electron chi connectivity index (χ0n) is 16.8. The summed E-state index contributed by atoms with van der Waals surface area (Å²) in [5.41, 5.74) is 3.56. The fourth-order valence-corrected chi connectivity index (χ4v) is 3.01. The molecule has 3 aromatic carbocycles. The fourth-order valence-electron chi connectivity index (χ4n) is 2.52. The van der Waals surface area contributed by atoms with Crippen LogP contribution >= 0.6 is 34.8 Å². The number of hydrogen-bond donors (Lipinski definition) is 2. The number of nitrogens with zero attached hydrogens (tertiary/aromatic N) is 1. The van der Waals surface area contributed by atoms with E-state index in [1.165, 1.54) is 30.5 Å². The van der Waals surface area contributed by atoms with Crippen LogP contribution < -0.4 is 15.5 Å². The number of hydrazone groups is 1. The van der Waals surface area contributed by atoms with Crippen molar-refractivity contribution in [2.24, 2.45) is 5.10 Å². The summed E-state index contributed by atoms with van der Waals surface area (Å²) in [5.74, 6) is -1.19. The molecule has 0 fully saturated rings. The molecule has 168 valence electrons. The Bertz CT molecular complexity index is 1210. The number of amides is 2. The molecule has 0 heterocycles. The Hall–Kier alpha value is -3.39. The summed E-state index contributed by atoms with van der Waals surface area (Å²) in [6.45, 7) is -0.283. The number of carbonyl (C=O) groups excluding carboxylic acids is 3. The number of esters is 1. The largest absolute Gasteiger partial charge is 0.423 e. The molecular formula is C23H16Cl3N3O4. The predicted molar refractivity (Wildman–Crippen MR) is 127 cm³/mol. The number of halogens is 3. The minimum atomic E-state index is -0.533. The molecule has 0 aliphatic rings. The third kappa shape index (κ3) is 7.32. The van der Waals surface area contributed by atoms with Crippen molar-refractivity contribution in [1.82, 2.24) is 10.7 Å². The first-order chi connectivity index (χ1) is 15.8. The molecule has 3 aromatic rings. The van der Waals surface area contributed by atoms with E-state index in [1.807, 2.05) is 0 Å². The third-order valence-electron chi connectivity index (χ3n) is 4.15. The second kappa shape index (κ2) is 11.5. The maximum absolute atomic E-state index is 12.1. The zero-order valence-corrected chi connectivity index (χ0v) is 19.1. The van der Waals surface area contributed by atoms with Crippen LogP contribution in [0.5, 0.6) is 5.75 Å². The van der Waals surface area contributed by atoms with E-state index in [2.05, 4.69) is 15.8 Å². The number of rotatable bonds is 7.